The van der Waals surface area contributed by atoms with Crippen molar-refractivity contribution in [2.75, 3.05) is 46.8 Å². The molecule has 9 nitrogen and oxygen atoms in total. The summed E-state index contributed by atoms with van der Waals surface area (Å²) < 4.78 is 39.8. The van der Waals surface area contributed by atoms with E-state index in [4.69, 9.17) is 0 Å². The molecule has 188 valence electrons. The maximum atomic E-state index is 13.3. The molecule has 0 unspecified atom stereocenters. The number of hydrogen-bond donors (Lipinski definition) is 0. The fraction of sp³-hybridized carbons (Fsp3) is 0.478. The smallest absolute Gasteiger partial charge is 0.337 e. The van der Waals surface area contributed by atoms with Gasteiger partial charge in [-0.15, -0.1) is 10.2 Å². The molecule has 0 N–H and O–H groups in total. The summed E-state index contributed by atoms with van der Waals surface area (Å²) in [5.74, 6) is 0.221. The van der Waals surface area contributed by atoms with E-state index in [0.29, 0.717) is 49.7 Å². The number of rotatable bonds is 7. The van der Waals surface area contributed by atoms with Gasteiger partial charge in [0.25, 0.3) is 0 Å². The number of carbonyl (C=O) groups excluding carboxylic acids is 1. The highest BCUT2D eigenvalue weighted by Crippen LogP contribution is 2.31. The number of aryl methyl sites for hydroxylation is 1. The fourth-order valence-corrected chi connectivity index (χ4v) is 3.70. The second-order valence-electron chi connectivity index (χ2n) is 8.19. The van der Waals surface area contributed by atoms with E-state index in [0.717, 1.165) is 23.6 Å². The minimum Gasteiger partial charge on any atom is -0.337 e. The van der Waals surface area contributed by atoms with Crippen LogP contribution in [0.15, 0.2) is 34.3 Å². The summed E-state index contributed by atoms with van der Waals surface area (Å²) in [7, 11) is 3.47. The molecule has 1 saturated heterocycles. The van der Waals surface area contributed by atoms with Crippen molar-refractivity contribution in [1.82, 2.24) is 30.0 Å². The van der Waals surface area contributed by atoms with E-state index in [-0.39, 0.29) is 12.5 Å². The lowest BCUT2D eigenvalue weighted by molar-refractivity contribution is -0.137. The van der Waals surface area contributed by atoms with Crippen molar-refractivity contribution in [3.63, 3.8) is 0 Å². The Morgan fingerprint density at radius 3 is 2.43 bits per heavy atom. The first-order valence-corrected chi connectivity index (χ1v) is 11.1. The highest BCUT2D eigenvalue weighted by atomic mass is 19.4. The number of piperazine rings is 1. The van der Waals surface area contributed by atoms with Crippen molar-refractivity contribution in [2.45, 2.75) is 26.6 Å². The van der Waals surface area contributed by atoms with Crippen LogP contribution in [0.1, 0.15) is 29.4 Å². The molecule has 1 fully saturated rings. The zero-order chi connectivity index (χ0) is 25.6. The molecule has 0 bridgehead atoms. The maximum Gasteiger partial charge on any atom is 0.416 e. The number of tetrazole rings is 1. The molecule has 0 aliphatic carbocycles. The van der Waals surface area contributed by atoms with Crippen LogP contribution < -0.4 is 0 Å². The highest BCUT2D eigenvalue weighted by molar-refractivity contribution is 6.42. The van der Waals surface area contributed by atoms with E-state index in [1.54, 1.807) is 25.9 Å². The number of alkyl halides is 3. The second kappa shape index (κ2) is 11.3. The molecule has 0 radical (unpaired) electrons. The summed E-state index contributed by atoms with van der Waals surface area (Å²) in [4.78, 5) is 26.4. The Labute approximate surface area is 202 Å². The average Bonchev–Trinajstić information content (AvgIpc) is 3.25. The van der Waals surface area contributed by atoms with Gasteiger partial charge in [0.15, 0.2) is 5.82 Å². The SMILES string of the molecule is CN=C(C)C(CN1CCN(C(=O)/C=C/c2ccc(C(F)(F)F)cc2Cn2nnc(C)n2)CC1)=NC. The standard InChI is InChI=1S/C23H29F3N8O/c1-16(27-3)21(28-4)15-32-9-11-33(12-10-32)22(35)8-6-18-5-7-20(23(24,25)26)13-19(18)14-34-30-17(2)29-31-34/h5-8,13H,9-12,14-15H2,1-4H3/b8-6+,27-16?,28-21?. The van der Waals surface area contributed by atoms with Crippen LogP contribution in [0.4, 0.5) is 13.2 Å². The molecule has 1 aliphatic heterocycles. The third-order valence-electron chi connectivity index (χ3n) is 5.82. The molecule has 1 aromatic heterocycles. The van der Waals surface area contributed by atoms with Gasteiger partial charge in [-0.25, -0.2) is 0 Å². The Morgan fingerprint density at radius 2 is 1.86 bits per heavy atom. The van der Waals surface area contributed by atoms with Gasteiger partial charge in [-0.2, -0.15) is 18.0 Å². The number of amides is 1. The van der Waals surface area contributed by atoms with E-state index in [1.807, 2.05) is 6.92 Å². The number of aromatic nitrogens is 4. The topological polar surface area (TPSA) is 91.9 Å². The zero-order valence-corrected chi connectivity index (χ0v) is 20.2. The average molecular weight is 491 g/mol. The maximum absolute atomic E-state index is 13.3. The first-order valence-electron chi connectivity index (χ1n) is 11.1. The Kier molecular flexibility index (Phi) is 8.49. The van der Waals surface area contributed by atoms with Crippen molar-refractivity contribution in [3.8, 4) is 0 Å². The van der Waals surface area contributed by atoms with Gasteiger partial charge in [0.05, 0.1) is 23.5 Å². The van der Waals surface area contributed by atoms with Gasteiger partial charge >= 0.3 is 6.18 Å². The summed E-state index contributed by atoms with van der Waals surface area (Å²) >= 11 is 0. The molecule has 0 atom stereocenters. The quantitative estimate of drug-likeness (QED) is 0.439. The number of halogens is 3. The monoisotopic (exact) mass is 490 g/mol. The summed E-state index contributed by atoms with van der Waals surface area (Å²) in [5.41, 5.74) is 1.85. The van der Waals surface area contributed by atoms with Crippen LogP contribution in [-0.4, -0.2) is 94.2 Å². The lowest BCUT2D eigenvalue weighted by Gasteiger charge is -2.34. The Hall–Kier alpha value is -3.41. The third kappa shape index (κ3) is 7.04. The minimum absolute atomic E-state index is 0.000899. The molecular formula is C23H29F3N8O. The van der Waals surface area contributed by atoms with Gasteiger partial charge in [-0.3, -0.25) is 19.7 Å². The highest BCUT2D eigenvalue weighted by Gasteiger charge is 2.31. The third-order valence-corrected chi connectivity index (χ3v) is 5.82. The molecule has 3 rings (SSSR count). The van der Waals surface area contributed by atoms with Gasteiger partial charge in [0.2, 0.25) is 5.91 Å². The molecule has 2 aromatic rings. The number of aliphatic imine (C=N–C) groups is 2. The van der Waals surface area contributed by atoms with E-state index >= 15 is 0 Å². The van der Waals surface area contributed by atoms with E-state index in [2.05, 4.69) is 30.3 Å². The van der Waals surface area contributed by atoms with Gasteiger partial charge in [-0.1, -0.05) is 6.07 Å². The summed E-state index contributed by atoms with van der Waals surface area (Å²) in [6.07, 6.45) is -1.55. The van der Waals surface area contributed by atoms with Crippen molar-refractivity contribution in [3.05, 3.63) is 46.8 Å². The van der Waals surface area contributed by atoms with Crippen molar-refractivity contribution in [1.29, 1.82) is 0 Å². The largest absolute Gasteiger partial charge is 0.416 e. The summed E-state index contributed by atoms with van der Waals surface area (Å²) in [5, 5.41) is 11.6. The molecule has 12 heteroatoms. The van der Waals surface area contributed by atoms with E-state index in [9.17, 15) is 18.0 Å². The number of carbonyl (C=O) groups is 1. The van der Waals surface area contributed by atoms with Crippen LogP contribution in [0.5, 0.6) is 0 Å². The molecule has 1 aromatic carbocycles. The minimum atomic E-state index is -4.48. The van der Waals surface area contributed by atoms with Gasteiger partial charge in [-0.05, 0) is 48.4 Å². The molecule has 1 amide bonds. The zero-order valence-electron chi connectivity index (χ0n) is 20.2. The Morgan fingerprint density at radius 1 is 1.14 bits per heavy atom. The van der Waals surface area contributed by atoms with Crippen molar-refractivity contribution >= 4 is 23.4 Å². The lowest BCUT2D eigenvalue weighted by Crippen LogP contribution is -2.50. The first-order chi connectivity index (χ1) is 16.6. The van der Waals surface area contributed by atoms with Crippen LogP contribution in [0.25, 0.3) is 6.08 Å². The fourth-order valence-electron chi connectivity index (χ4n) is 3.70. The Balaban J connectivity index is 1.68. The predicted molar refractivity (Wildman–Crippen MR) is 128 cm³/mol. The lowest BCUT2D eigenvalue weighted by atomic mass is 10.0. The van der Waals surface area contributed by atoms with Crippen molar-refractivity contribution in [2.24, 2.45) is 9.98 Å². The number of nitrogens with zero attached hydrogens (tertiary/aromatic N) is 8. The van der Waals surface area contributed by atoms with Crippen LogP contribution >= 0.6 is 0 Å². The molecule has 1 aliphatic rings. The Bertz CT molecular complexity index is 1130. The van der Waals surface area contributed by atoms with Gasteiger partial charge in [0.1, 0.15) is 0 Å². The van der Waals surface area contributed by atoms with Gasteiger partial charge < -0.3 is 4.90 Å². The van der Waals surface area contributed by atoms with Crippen LogP contribution in [-0.2, 0) is 17.5 Å². The predicted octanol–water partition coefficient (Wildman–Crippen LogP) is 2.37. The molecule has 0 spiro atoms. The summed E-state index contributed by atoms with van der Waals surface area (Å²) in [6, 6.07) is 3.41. The normalized spacial score (nSPS) is 16.4. The van der Waals surface area contributed by atoms with Crippen LogP contribution in [0.2, 0.25) is 0 Å². The van der Waals surface area contributed by atoms with Crippen LogP contribution in [0.3, 0.4) is 0 Å². The molecule has 2 heterocycles. The molecular weight excluding hydrogens is 461 g/mol. The second-order valence-corrected chi connectivity index (χ2v) is 8.19. The van der Waals surface area contributed by atoms with Crippen molar-refractivity contribution < 1.29 is 18.0 Å². The van der Waals surface area contributed by atoms with E-state index in [1.165, 1.54) is 23.0 Å². The summed E-state index contributed by atoms with van der Waals surface area (Å²) in [6.45, 7) is 6.71. The van der Waals surface area contributed by atoms with E-state index < -0.39 is 11.7 Å². The number of hydrogen-bond acceptors (Lipinski definition) is 7. The van der Waals surface area contributed by atoms with Crippen LogP contribution in [0, 0.1) is 6.92 Å². The van der Waals surface area contributed by atoms with Gasteiger partial charge in [0, 0.05) is 52.9 Å². The molecule has 0 saturated carbocycles. The first kappa shape index (κ1) is 26.2. The molecule has 35 heavy (non-hydrogen) atoms. The number of benzene rings is 1.